The number of carbonyl (C=O) groups is 3. The van der Waals surface area contributed by atoms with E-state index in [1.165, 1.54) is 0 Å². The molecule has 1 saturated heterocycles. The Labute approximate surface area is 137 Å². The van der Waals surface area contributed by atoms with E-state index < -0.39 is 41.6 Å². The van der Waals surface area contributed by atoms with Gasteiger partial charge in [-0.05, 0) is 25.0 Å². The van der Waals surface area contributed by atoms with Crippen molar-refractivity contribution in [3.8, 4) is 0 Å². The highest BCUT2D eigenvalue weighted by atomic mass is 19.1. The van der Waals surface area contributed by atoms with Crippen molar-refractivity contribution in [1.29, 1.82) is 0 Å². The Morgan fingerprint density at radius 3 is 2.62 bits per heavy atom. The van der Waals surface area contributed by atoms with Crippen molar-refractivity contribution < 1.29 is 23.2 Å². The van der Waals surface area contributed by atoms with Crippen LogP contribution in [0.3, 0.4) is 0 Å². The van der Waals surface area contributed by atoms with Gasteiger partial charge in [-0.1, -0.05) is 19.3 Å². The van der Waals surface area contributed by atoms with Crippen LogP contribution < -0.4 is 10.6 Å². The molecule has 6 nitrogen and oxygen atoms in total. The third-order valence-corrected chi connectivity index (χ3v) is 4.46. The van der Waals surface area contributed by atoms with E-state index in [2.05, 4.69) is 10.6 Å². The number of nitrogens with one attached hydrogen (secondary N) is 2. The number of hydrogen-bond acceptors (Lipinski definition) is 3. The topological polar surface area (TPSA) is 78.5 Å². The molecular formula is C16H17F2N3O3. The number of anilines is 1. The lowest BCUT2D eigenvalue weighted by Gasteiger charge is -2.30. The molecule has 1 aliphatic heterocycles. The Hall–Kier alpha value is -2.51. The minimum Gasteiger partial charge on any atom is -0.323 e. The molecule has 2 aliphatic rings. The van der Waals surface area contributed by atoms with Gasteiger partial charge in [0.05, 0.1) is 5.69 Å². The number of rotatable bonds is 3. The molecule has 0 bridgehead atoms. The standard InChI is InChI=1S/C16H17F2N3O3/c17-10-4-5-11(18)12(8-10)19-13(22)9-21-14(23)16(20-15(21)24)6-2-1-3-7-16/h4-5,8H,1-3,6-7,9H2,(H,19,22)(H,20,24). The fourth-order valence-electron chi connectivity index (χ4n) is 3.24. The monoisotopic (exact) mass is 337 g/mol. The van der Waals surface area contributed by atoms with Gasteiger partial charge in [0, 0.05) is 6.07 Å². The average molecular weight is 337 g/mol. The van der Waals surface area contributed by atoms with Gasteiger partial charge in [0.15, 0.2) is 0 Å². The van der Waals surface area contributed by atoms with Crippen molar-refractivity contribution in [1.82, 2.24) is 10.2 Å². The third kappa shape index (κ3) is 2.95. The summed E-state index contributed by atoms with van der Waals surface area (Å²) >= 11 is 0. The van der Waals surface area contributed by atoms with Crippen LogP contribution in [0.1, 0.15) is 32.1 Å². The summed E-state index contributed by atoms with van der Waals surface area (Å²) < 4.78 is 26.7. The normalized spacial score (nSPS) is 19.5. The number of halogens is 2. The van der Waals surface area contributed by atoms with E-state index in [4.69, 9.17) is 0 Å². The van der Waals surface area contributed by atoms with Crippen molar-refractivity contribution in [2.45, 2.75) is 37.6 Å². The zero-order valence-corrected chi connectivity index (χ0v) is 12.9. The SMILES string of the molecule is O=C(CN1C(=O)NC2(CCCCC2)C1=O)Nc1cc(F)ccc1F. The second-order valence-corrected chi connectivity index (χ2v) is 6.14. The molecule has 1 spiro atoms. The quantitative estimate of drug-likeness (QED) is 0.830. The van der Waals surface area contributed by atoms with Gasteiger partial charge in [0.2, 0.25) is 5.91 Å². The van der Waals surface area contributed by atoms with Crippen LogP contribution in [0.15, 0.2) is 18.2 Å². The van der Waals surface area contributed by atoms with E-state index in [1.807, 2.05) is 0 Å². The molecule has 0 atom stereocenters. The second kappa shape index (κ2) is 6.18. The van der Waals surface area contributed by atoms with Crippen LogP contribution in [-0.2, 0) is 9.59 Å². The van der Waals surface area contributed by atoms with Crippen LogP contribution in [0.25, 0.3) is 0 Å². The Kier molecular flexibility index (Phi) is 4.21. The van der Waals surface area contributed by atoms with Crippen molar-refractivity contribution in [2.24, 2.45) is 0 Å². The van der Waals surface area contributed by atoms with Gasteiger partial charge in [0.1, 0.15) is 23.7 Å². The van der Waals surface area contributed by atoms with E-state index in [1.54, 1.807) is 0 Å². The summed E-state index contributed by atoms with van der Waals surface area (Å²) in [5.74, 6) is -2.70. The summed E-state index contributed by atoms with van der Waals surface area (Å²) in [6.45, 7) is -0.539. The highest BCUT2D eigenvalue weighted by Gasteiger charge is 2.51. The maximum absolute atomic E-state index is 13.5. The molecule has 0 unspecified atom stereocenters. The Bertz CT molecular complexity index is 702. The van der Waals surface area contributed by atoms with Crippen LogP contribution >= 0.6 is 0 Å². The van der Waals surface area contributed by atoms with Crippen molar-refractivity contribution >= 4 is 23.5 Å². The zero-order valence-electron chi connectivity index (χ0n) is 12.9. The lowest BCUT2D eigenvalue weighted by molar-refractivity contribution is -0.134. The molecule has 0 radical (unpaired) electrons. The van der Waals surface area contributed by atoms with Gasteiger partial charge < -0.3 is 10.6 Å². The van der Waals surface area contributed by atoms with Gasteiger partial charge in [-0.3, -0.25) is 14.5 Å². The van der Waals surface area contributed by atoms with Crippen LogP contribution in [0.5, 0.6) is 0 Å². The first kappa shape index (κ1) is 16.4. The third-order valence-electron chi connectivity index (χ3n) is 4.46. The molecule has 1 aliphatic carbocycles. The number of urea groups is 1. The lowest BCUT2D eigenvalue weighted by Crippen LogP contribution is -2.48. The fraction of sp³-hybridized carbons (Fsp3) is 0.438. The van der Waals surface area contributed by atoms with E-state index in [0.717, 1.165) is 42.4 Å². The summed E-state index contributed by atoms with van der Waals surface area (Å²) in [5.41, 5.74) is -1.25. The van der Waals surface area contributed by atoms with Crippen molar-refractivity contribution in [3.05, 3.63) is 29.8 Å². The largest absolute Gasteiger partial charge is 0.325 e. The molecule has 24 heavy (non-hydrogen) atoms. The highest BCUT2D eigenvalue weighted by molar-refractivity contribution is 6.10. The molecule has 1 aromatic carbocycles. The number of imide groups is 1. The first-order valence-corrected chi connectivity index (χ1v) is 7.80. The molecule has 2 fully saturated rings. The Morgan fingerprint density at radius 2 is 1.92 bits per heavy atom. The Morgan fingerprint density at radius 1 is 1.21 bits per heavy atom. The van der Waals surface area contributed by atoms with E-state index in [-0.39, 0.29) is 5.69 Å². The first-order chi connectivity index (χ1) is 11.4. The molecule has 4 amide bonds. The predicted octanol–water partition coefficient (Wildman–Crippen LogP) is 2.16. The number of nitrogens with zero attached hydrogens (tertiary/aromatic N) is 1. The summed E-state index contributed by atoms with van der Waals surface area (Å²) in [6.07, 6.45) is 3.77. The number of benzene rings is 1. The molecule has 3 rings (SSSR count). The average Bonchev–Trinajstić information content (AvgIpc) is 2.76. The summed E-state index contributed by atoms with van der Waals surface area (Å²) in [7, 11) is 0. The van der Waals surface area contributed by atoms with Gasteiger partial charge in [-0.2, -0.15) is 0 Å². The van der Waals surface area contributed by atoms with Crippen molar-refractivity contribution in [3.63, 3.8) is 0 Å². The maximum Gasteiger partial charge on any atom is 0.325 e. The Balaban J connectivity index is 1.69. The lowest BCUT2D eigenvalue weighted by atomic mass is 9.82. The van der Waals surface area contributed by atoms with Gasteiger partial charge in [-0.25, -0.2) is 13.6 Å². The molecule has 1 heterocycles. The summed E-state index contributed by atoms with van der Waals surface area (Å²) in [5, 5.41) is 4.86. The highest BCUT2D eigenvalue weighted by Crippen LogP contribution is 2.33. The molecule has 8 heteroatoms. The van der Waals surface area contributed by atoms with Crippen LogP contribution in [0, 0.1) is 11.6 Å². The minimum absolute atomic E-state index is 0.334. The first-order valence-electron chi connectivity index (χ1n) is 7.80. The fourth-order valence-corrected chi connectivity index (χ4v) is 3.24. The molecule has 1 saturated carbocycles. The van der Waals surface area contributed by atoms with E-state index in [9.17, 15) is 23.2 Å². The van der Waals surface area contributed by atoms with E-state index >= 15 is 0 Å². The minimum atomic E-state index is -0.917. The second-order valence-electron chi connectivity index (χ2n) is 6.14. The van der Waals surface area contributed by atoms with E-state index in [0.29, 0.717) is 12.8 Å². The molecule has 2 N–H and O–H groups in total. The van der Waals surface area contributed by atoms with Crippen molar-refractivity contribution in [2.75, 3.05) is 11.9 Å². The molecular weight excluding hydrogens is 320 g/mol. The number of hydrogen-bond donors (Lipinski definition) is 2. The van der Waals surface area contributed by atoms with Gasteiger partial charge >= 0.3 is 6.03 Å². The predicted molar refractivity (Wildman–Crippen MR) is 81.0 cm³/mol. The maximum atomic E-state index is 13.5. The summed E-state index contributed by atoms with van der Waals surface area (Å²) in [6, 6.07) is 2.02. The zero-order chi connectivity index (χ0) is 17.3. The number of amides is 4. The molecule has 0 aromatic heterocycles. The summed E-state index contributed by atoms with van der Waals surface area (Å²) in [4.78, 5) is 37.4. The molecule has 1 aromatic rings. The van der Waals surface area contributed by atoms with Crippen LogP contribution in [0.4, 0.5) is 19.3 Å². The molecule has 128 valence electrons. The van der Waals surface area contributed by atoms with Gasteiger partial charge in [-0.15, -0.1) is 0 Å². The smallest absolute Gasteiger partial charge is 0.323 e. The number of carbonyl (C=O) groups excluding carboxylic acids is 3. The van der Waals surface area contributed by atoms with Crippen LogP contribution in [0.2, 0.25) is 0 Å². The van der Waals surface area contributed by atoms with Crippen LogP contribution in [-0.4, -0.2) is 34.8 Å². The van der Waals surface area contributed by atoms with Gasteiger partial charge in [0.25, 0.3) is 5.91 Å².